The van der Waals surface area contributed by atoms with Gasteiger partial charge in [-0.2, -0.15) is 0 Å². The van der Waals surface area contributed by atoms with Crippen molar-refractivity contribution in [3.05, 3.63) is 0 Å². The Kier molecular flexibility index (Phi) is 1.72. The van der Waals surface area contributed by atoms with Gasteiger partial charge in [0.25, 0.3) is 0 Å². The zero-order chi connectivity index (χ0) is 7.68. The van der Waals surface area contributed by atoms with Crippen LogP contribution in [0.5, 0.6) is 0 Å². The summed E-state index contributed by atoms with van der Waals surface area (Å²) in [5, 5.41) is 0. The first-order chi connectivity index (χ1) is 5.36. The van der Waals surface area contributed by atoms with Crippen molar-refractivity contribution < 1.29 is 9.53 Å². The van der Waals surface area contributed by atoms with E-state index in [1.807, 2.05) is 0 Å². The van der Waals surface area contributed by atoms with Crippen LogP contribution in [-0.2, 0) is 4.74 Å². The van der Waals surface area contributed by atoms with Crippen molar-refractivity contribution in [3.8, 4) is 0 Å². The quantitative estimate of drug-likeness (QED) is 0.600. The average molecular weight is 155 g/mol. The van der Waals surface area contributed by atoms with E-state index >= 15 is 0 Å². The molecule has 0 unspecified atom stereocenters. The minimum Gasteiger partial charge on any atom is -0.449 e. The molecule has 1 aliphatic carbocycles. The van der Waals surface area contributed by atoms with Crippen molar-refractivity contribution in [3.63, 3.8) is 0 Å². The van der Waals surface area contributed by atoms with Crippen molar-refractivity contribution in [1.29, 1.82) is 0 Å². The molecule has 1 aliphatic heterocycles. The topological polar surface area (TPSA) is 29.5 Å². The molecule has 0 aromatic heterocycles. The van der Waals surface area contributed by atoms with Gasteiger partial charge in [-0.1, -0.05) is 0 Å². The van der Waals surface area contributed by atoms with Gasteiger partial charge < -0.3 is 9.64 Å². The second kappa shape index (κ2) is 2.72. The van der Waals surface area contributed by atoms with Crippen LogP contribution >= 0.6 is 0 Å². The number of hydrogen-bond acceptors (Lipinski definition) is 2. The van der Waals surface area contributed by atoms with E-state index in [4.69, 9.17) is 4.74 Å². The molecule has 0 atom stereocenters. The van der Waals surface area contributed by atoms with Crippen molar-refractivity contribution in [2.24, 2.45) is 5.92 Å². The summed E-state index contributed by atoms with van der Waals surface area (Å²) >= 11 is 0. The van der Waals surface area contributed by atoms with Crippen LogP contribution in [0.3, 0.4) is 0 Å². The summed E-state index contributed by atoms with van der Waals surface area (Å²) in [6.07, 6.45) is 3.52. The second-order valence-corrected chi connectivity index (χ2v) is 3.36. The Morgan fingerprint density at radius 3 is 2.64 bits per heavy atom. The maximum Gasteiger partial charge on any atom is 0.409 e. The molecular weight excluding hydrogens is 142 g/mol. The van der Waals surface area contributed by atoms with E-state index in [1.54, 1.807) is 4.90 Å². The van der Waals surface area contributed by atoms with Gasteiger partial charge in [-0.15, -0.1) is 0 Å². The standard InChI is InChI=1S/C8H13NO2/c10-8(9-4-1-5-9)11-6-7-2-3-7/h7H,1-6H2. The van der Waals surface area contributed by atoms with Gasteiger partial charge in [0.2, 0.25) is 0 Å². The van der Waals surface area contributed by atoms with Gasteiger partial charge in [0.1, 0.15) is 0 Å². The lowest BCUT2D eigenvalue weighted by Crippen LogP contribution is -2.42. The first kappa shape index (κ1) is 6.95. The minimum absolute atomic E-state index is 0.108. The molecule has 0 N–H and O–H groups in total. The molecule has 0 spiro atoms. The first-order valence-corrected chi connectivity index (χ1v) is 4.28. The van der Waals surface area contributed by atoms with Crippen LogP contribution in [0.4, 0.5) is 4.79 Å². The number of ether oxygens (including phenoxy) is 1. The second-order valence-electron chi connectivity index (χ2n) is 3.36. The molecule has 2 aliphatic rings. The number of carbonyl (C=O) groups is 1. The van der Waals surface area contributed by atoms with E-state index in [2.05, 4.69) is 0 Å². The summed E-state index contributed by atoms with van der Waals surface area (Å²) in [4.78, 5) is 12.8. The molecule has 1 heterocycles. The molecule has 1 saturated carbocycles. The minimum atomic E-state index is -0.108. The van der Waals surface area contributed by atoms with Gasteiger partial charge in [0.05, 0.1) is 6.61 Å². The fourth-order valence-electron chi connectivity index (χ4n) is 1.06. The predicted octanol–water partition coefficient (Wildman–Crippen LogP) is 1.24. The lowest BCUT2D eigenvalue weighted by atomic mass is 10.2. The van der Waals surface area contributed by atoms with Crippen molar-refractivity contribution in [1.82, 2.24) is 4.90 Å². The van der Waals surface area contributed by atoms with E-state index in [1.165, 1.54) is 12.8 Å². The Morgan fingerprint density at radius 2 is 2.18 bits per heavy atom. The summed E-state index contributed by atoms with van der Waals surface area (Å²) in [5.41, 5.74) is 0. The van der Waals surface area contributed by atoms with Gasteiger partial charge in [-0.3, -0.25) is 0 Å². The Bertz CT molecular complexity index is 161. The number of carbonyl (C=O) groups excluding carboxylic acids is 1. The van der Waals surface area contributed by atoms with Gasteiger partial charge in [-0.05, 0) is 25.2 Å². The summed E-state index contributed by atoms with van der Waals surface area (Å²) in [6, 6.07) is 0. The summed E-state index contributed by atoms with van der Waals surface area (Å²) in [5.74, 6) is 0.681. The lowest BCUT2D eigenvalue weighted by molar-refractivity contribution is 0.0775. The third-order valence-corrected chi connectivity index (χ3v) is 2.25. The monoisotopic (exact) mass is 155 g/mol. The summed E-state index contributed by atoms with van der Waals surface area (Å²) < 4.78 is 5.06. The third kappa shape index (κ3) is 1.64. The molecule has 0 radical (unpaired) electrons. The number of amides is 1. The molecule has 3 nitrogen and oxygen atoms in total. The van der Waals surface area contributed by atoms with Gasteiger partial charge in [0.15, 0.2) is 0 Å². The van der Waals surface area contributed by atoms with E-state index in [0.717, 1.165) is 19.5 Å². The molecule has 0 aromatic rings. The van der Waals surface area contributed by atoms with Crippen LogP contribution in [0.15, 0.2) is 0 Å². The number of rotatable bonds is 2. The van der Waals surface area contributed by atoms with Gasteiger partial charge in [-0.25, -0.2) is 4.79 Å². The zero-order valence-corrected chi connectivity index (χ0v) is 6.58. The highest BCUT2D eigenvalue weighted by Crippen LogP contribution is 2.29. The molecular formula is C8H13NO2. The fourth-order valence-corrected chi connectivity index (χ4v) is 1.06. The highest BCUT2D eigenvalue weighted by Gasteiger charge is 2.26. The Balaban J connectivity index is 1.63. The third-order valence-electron chi connectivity index (χ3n) is 2.25. The van der Waals surface area contributed by atoms with Crippen LogP contribution < -0.4 is 0 Å². The Morgan fingerprint density at radius 1 is 1.45 bits per heavy atom. The van der Waals surface area contributed by atoms with E-state index in [9.17, 15) is 4.79 Å². The van der Waals surface area contributed by atoms with Crippen LogP contribution in [0.1, 0.15) is 19.3 Å². The molecule has 62 valence electrons. The Hall–Kier alpha value is -0.730. The smallest absolute Gasteiger partial charge is 0.409 e. The van der Waals surface area contributed by atoms with Crippen molar-refractivity contribution in [2.45, 2.75) is 19.3 Å². The highest BCUT2D eigenvalue weighted by atomic mass is 16.6. The maximum absolute atomic E-state index is 11.1. The molecule has 2 rings (SSSR count). The van der Waals surface area contributed by atoms with Crippen LogP contribution in [0.25, 0.3) is 0 Å². The molecule has 0 bridgehead atoms. The zero-order valence-electron chi connectivity index (χ0n) is 6.58. The molecule has 1 amide bonds. The predicted molar refractivity (Wildman–Crippen MR) is 40.3 cm³/mol. The first-order valence-electron chi connectivity index (χ1n) is 4.28. The SMILES string of the molecule is O=C(OCC1CC1)N1CCC1. The normalized spacial score (nSPS) is 22.7. The van der Waals surface area contributed by atoms with E-state index in [-0.39, 0.29) is 6.09 Å². The fraction of sp³-hybridized carbons (Fsp3) is 0.875. The van der Waals surface area contributed by atoms with Crippen LogP contribution in [-0.4, -0.2) is 30.7 Å². The highest BCUT2D eigenvalue weighted by molar-refractivity contribution is 5.68. The molecule has 0 aromatic carbocycles. The maximum atomic E-state index is 11.1. The Labute approximate surface area is 66.3 Å². The largest absolute Gasteiger partial charge is 0.449 e. The summed E-state index contributed by atoms with van der Waals surface area (Å²) in [7, 11) is 0. The molecule has 11 heavy (non-hydrogen) atoms. The average Bonchev–Trinajstić information content (AvgIpc) is 2.61. The van der Waals surface area contributed by atoms with Crippen molar-refractivity contribution in [2.75, 3.05) is 19.7 Å². The lowest BCUT2D eigenvalue weighted by Gasteiger charge is -2.29. The summed E-state index contributed by atoms with van der Waals surface area (Å²) in [6.45, 7) is 2.43. The molecule has 3 heteroatoms. The number of likely N-dealkylation sites (tertiary alicyclic amines) is 1. The van der Waals surface area contributed by atoms with Gasteiger partial charge >= 0.3 is 6.09 Å². The molecule has 1 saturated heterocycles. The number of hydrogen-bond donors (Lipinski definition) is 0. The van der Waals surface area contributed by atoms with Crippen LogP contribution in [0.2, 0.25) is 0 Å². The van der Waals surface area contributed by atoms with Gasteiger partial charge in [0, 0.05) is 13.1 Å². The number of nitrogens with zero attached hydrogens (tertiary/aromatic N) is 1. The van der Waals surface area contributed by atoms with E-state index < -0.39 is 0 Å². The molecule has 2 fully saturated rings. The van der Waals surface area contributed by atoms with Crippen molar-refractivity contribution >= 4 is 6.09 Å². The van der Waals surface area contributed by atoms with E-state index in [0.29, 0.717) is 12.5 Å². The van der Waals surface area contributed by atoms with Crippen LogP contribution in [0, 0.1) is 5.92 Å².